The van der Waals surface area contributed by atoms with Crippen molar-refractivity contribution >= 4 is 11.6 Å². The normalized spacial score (nSPS) is 11.2. The topological polar surface area (TPSA) is 87.5 Å². The van der Waals surface area contributed by atoms with Crippen LogP contribution in [-0.4, -0.2) is 20.4 Å². The van der Waals surface area contributed by atoms with Gasteiger partial charge in [-0.2, -0.15) is 18.4 Å². The number of nitriles is 1. The number of hydrogen-bond acceptors (Lipinski definition) is 5. The van der Waals surface area contributed by atoms with E-state index in [1.54, 1.807) is 0 Å². The van der Waals surface area contributed by atoms with Crippen molar-refractivity contribution < 1.29 is 17.9 Å². The standard InChI is InChI=1S/C15H7ClF3N5O/c16-10-3-8(14-12(7-20)22-24-23-14)4-11(6-10)25-13-5-9(1-2-21-13)15(17,18)19/h1-6H,(H,22,23,24). The van der Waals surface area contributed by atoms with E-state index in [1.165, 1.54) is 18.2 Å². The second-order valence-corrected chi connectivity index (χ2v) is 5.24. The molecule has 1 aromatic carbocycles. The van der Waals surface area contributed by atoms with E-state index in [1.807, 2.05) is 6.07 Å². The maximum Gasteiger partial charge on any atom is 0.416 e. The van der Waals surface area contributed by atoms with E-state index in [9.17, 15) is 13.2 Å². The zero-order chi connectivity index (χ0) is 18.0. The molecule has 6 nitrogen and oxygen atoms in total. The molecular weight excluding hydrogens is 359 g/mol. The molecule has 10 heteroatoms. The minimum Gasteiger partial charge on any atom is -0.439 e. The molecule has 0 aliphatic rings. The molecule has 3 aromatic rings. The van der Waals surface area contributed by atoms with Crippen molar-refractivity contribution in [3.63, 3.8) is 0 Å². The van der Waals surface area contributed by atoms with E-state index in [-0.39, 0.29) is 28.0 Å². The van der Waals surface area contributed by atoms with Gasteiger partial charge in [0.2, 0.25) is 5.88 Å². The fourth-order valence-corrected chi connectivity index (χ4v) is 2.25. The van der Waals surface area contributed by atoms with E-state index in [0.717, 1.165) is 18.3 Å². The third-order valence-corrected chi connectivity index (χ3v) is 3.31. The van der Waals surface area contributed by atoms with Crippen molar-refractivity contribution in [2.75, 3.05) is 0 Å². The average molecular weight is 366 g/mol. The number of aromatic nitrogens is 4. The highest BCUT2D eigenvalue weighted by atomic mass is 35.5. The summed E-state index contributed by atoms with van der Waals surface area (Å²) in [7, 11) is 0. The maximum absolute atomic E-state index is 12.8. The summed E-state index contributed by atoms with van der Waals surface area (Å²) in [5, 5.41) is 19.0. The molecule has 2 heterocycles. The summed E-state index contributed by atoms with van der Waals surface area (Å²) in [5.41, 5.74) is -0.111. The summed E-state index contributed by atoms with van der Waals surface area (Å²) in [6, 6.07) is 7.89. The molecule has 0 amide bonds. The van der Waals surface area contributed by atoms with Crippen LogP contribution in [0.2, 0.25) is 5.02 Å². The third kappa shape index (κ3) is 3.70. The van der Waals surface area contributed by atoms with Gasteiger partial charge >= 0.3 is 6.18 Å². The van der Waals surface area contributed by atoms with Gasteiger partial charge in [-0.25, -0.2) is 10.1 Å². The molecular formula is C15H7ClF3N5O. The van der Waals surface area contributed by atoms with Crippen molar-refractivity contribution in [3.05, 3.63) is 52.8 Å². The molecule has 0 aliphatic carbocycles. The van der Waals surface area contributed by atoms with Gasteiger partial charge in [-0.3, -0.25) is 0 Å². The molecule has 0 radical (unpaired) electrons. The number of ether oxygens (including phenoxy) is 1. The van der Waals surface area contributed by atoms with Crippen LogP contribution in [0.4, 0.5) is 13.2 Å². The SMILES string of the molecule is N#Cc1[nH]nnc1-c1cc(Cl)cc(Oc2cc(C(F)(F)F)ccn2)c1. The van der Waals surface area contributed by atoms with Crippen molar-refractivity contribution in [2.24, 2.45) is 0 Å². The van der Waals surface area contributed by atoms with Crippen molar-refractivity contribution in [1.29, 1.82) is 5.26 Å². The number of benzene rings is 1. The lowest BCUT2D eigenvalue weighted by atomic mass is 10.1. The highest BCUT2D eigenvalue weighted by molar-refractivity contribution is 6.31. The smallest absolute Gasteiger partial charge is 0.416 e. The Morgan fingerprint density at radius 1 is 1.20 bits per heavy atom. The molecule has 126 valence electrons. The number of alkyl halides is 3. The fourth-order valence-electron chi connectivity index (χ4n) is 2.03. The summed E-state index contributed by atoms with van der Waals surface area (Å²) in [6.45, 7) is 0. The van der Waals surface area contributed by atoms with Crippen LogP contribution >= 0.6 is 11.6 Å². The monoisotopic (exact) mass is 365 g/mol. The van der Waals surface area contributed by atoms with E-state index < -0.39 is 11.7 Å². The maximum atomic E-state index is 12.8. The highest BCUT2D eigenvalue weighted by Crippen LogP contribution is 2.33. The largest absolute Gasteiger partial charge is 0.439 e. The molecule has 3 rings (SSSR count). The zero-order valence-corrected chi connectivity index (χ0v) is 12.9. The van der Waals surface area contributed by atoms with Crippen LogP contribution in [-0.2, 0) is 6.18 Å². The van der Waals surface area contributed by atoms with Gasteiger partial charge in [0.1, 0.15) is 17.5 Å². The van der Waals surface area contributed by atoms with Crippen molar-refractivity contribution in [2.45, 2.75) is 6.18 Å². The van der Waals surface area contributed by atoms with Crippen molar-refractivity contribution in [1.82, 2.24) is 20.4 Å². The summed E-state index contributed by atoms with van der Waals surface area (Å²) >= 11 is 6.01. The number of pyridine rings is 1. The van der Waals surface area contributed by atoms with E-state index in [2.05, 4.69) is 20.4 Å². The first-order valence-electron chi connectivity index (χ1n) is 6.70. The lowest BCUT2D eigenvalue weighted by molar-refractivity contribution is -0.137. The van der Waals surface area contributed by atoms with Crippen LogP contribution in [0.25, 0.3) is 11.3 Å². The first-order valence-corrected chi connectivity index (χ1v) is 7.08. The number of halogens is 4. The first kappa shape index (κ1) is 16.7. The fraction of sp³-hybridized carbons (Fsp3) is 0.0667. The van der Waals surface area contributed by atoms with Crippen LogP contribution in [0.1, 0.15) is 11.3 Å². The Kier molecular flexibility index (Phi) is 4.29. The summed E-state index contributed by atoms with van der Waals surface area (Å²) in [4.78, 5) is 3.75. The van der Waals surface area contributed by atoms with E-state index in [0.29, 0.717) is 5.56 Å². The van der Waals surface area contributed by atoms with Gasteiger partial charge in [-0.05, 0) is 24.3 Å². The van der Waals surface area contributed by atoms with Crippen LogP contribution in [0.5, 0.6) is 11.6 Å². The number of nitrogens with zero attached hydrogens (tertiary/aromatic N) is 4. The quantitative estimate of drug-likeness (QED) is 0.751. The molecule has 0 aliphatic heterocycles. The molecule has 0 saturated heterocycles. The molecule has 0 bridgehead atoms. The van der Waals surface area contributed by atoms with Gasteiger partial charge in [0.15, 0.2) is 5.69 Å². The Balaban J connectivity index is 1.96. The number of hydrogen-bond donors (Lipinski definition) is 1. The molecule has 0 spiro atoms. The molecule has 0 unspecified atom stereocenters. The van der Waals surface area contributed by atoms with Gasteiger partial charge in [-0.1, -0.05) is 16.8 Å². The molecule has 0 fully saturated rings. The van der Waals surface area contributed by atoms with Gasteiger partial charge < -0.3 is 4.74 Å². The summed E-state index contributed by atoms with van der Waals surface area (Å²) in [6.07, 6.45) is -3.52. The number of aromatic amines is 1. The van der Waals surface area contributed by atoms with E-state index in [4.69, 9.17) is 21.6 Å². The Bertz CT molecular complexity index is 964. The van der Waals surface area contributed by atoms with Crippen molar-refractivity contribution in [3.8, 4) is 29.0 Å². The predicted octanol–water partition coefficient (Wildman–Crippen LogP) is 4.20. The Morgan fingerprint density at radius 3 is 2.72 bits per heavy atom. The molecule has 0 saturated carbocycles. The Morgan fingerprint density at radius 2 is 2.00 bits per heavy atom. The number of H-pyrrole nitrogens is 1. The lowest BCUT2D eigenvalue weighted by Crippen LogP contribution is -2.05. The average Bonchev–Trinajstić information content (AvgIpc) is 3.02. The molecule has 1 N–H and O–H groups in total. The van der Waals surface area contributed by atoms with Gasteiger partial charge in [0, 0.05) is 22.8 Å². The van der Waals surface area contributed by atoms with Gasteiger partial charge in [-0.15, -0.1) is 5.10 Å². The van der Waals surface area contributed by atoms with Crippen LogP contribution < -0.4 is 4.74 Å². The second kappa shape index (κ2) is 6.41. The Labute approximate surface area is 143 Å². The van der Waals surface area contributed by atoms with Gasteiger partial charge in [0.05, 0.1) is 5.56 Å². The third-order valence-electron chi connectivity index (χ3n) is 3.09. The molecule has 2 aromatic heterocycles. The van der Waals surface area contributed by atoms with Crippen LogP contribution in [0.3, 0.4) is 0 Å². The van der Waals surface area contributed by atoms with E-state index >= 15 is 0 Å². The summed E-state index contributed by atoms with van der Waals surface area (Å²) in [5.74, 6) is -0.107. The zero-order valence-electron chi connectivity index (χ0n) is 12.2. The van der Waals surface area contributed by atoms with Crippen LogP contribution in [0.15, 0.2) is 36.5 Å². The minimum atomic E-state index is -4.51. The second-order valence-electron chi connectivity index (χ2n) is 4.81. The van der Waals surface area contributed by atoms with Crippen LogP contribution in [0, 0.1) is 11.3 Å². The first-order chi connectivity index (χ1) is 11.9. The number of nitrogens with one attached hydrogen (secondary N) is 1. The molecule has 25 heavy (non-hydrogen) atoms. The predicted molar refractivity (Wildman–Crippen MR) is 80.9 cm³/mol. The Hall–Kier alpha value is -3.12. The highest BCUT2D eigenvalue weighted by Gasteiger charge is 2.31. The molecule has 0 atom stereocenters. The minimum absolute atomic E-state index is 0.116. The van der Waals surface area contributed by atoms with Gasteiger partial charge in [0.25, 0.3) is 0 Å². The number of rotatable bonds is 3. The summed E-state index contributed by atoms with van der Waals surface area (Å²) < 4.78 is 43.6. The lowest BCUT2D eigenvalue weighted by Gasteiger charge is -2.10.